The summed E-state index contributed by atoms with van der Waals surface area (Å²) in [5.74, 6) is 2.33. The monoisotopic (exact) mass is 293 g/mol. The van der Waals surface area contributed by atoms with Crippen LogP contribution >= 0.6 is 11.6 Å². The molecule has 0 saturated heterocycles. The molecule has 1 aromatic heterocycles. The van der Waals surface area contributed by atoms with E-state index in [9.17, 15) is 0 Å². The predicted octanol–water partition coefficient (Wildman–Crippen LogP) is 3.04. The normalized spacial score (nSPS) is 13.4. The van der Waals surface area contributed by atoms with Crippen molar-refractivity contribution in [2.75, 3.05) is 19.8 Å². The maximum absolute atomic E-state index is 6.20. The first-order valence-corrected chi connectivity index (χ1v) is 7.02. The fourth-order valence-corrected chi connectivity index (χ4v) is 2.45. The van der Waals surface area contributed by atoms with Gasteiger partial charge in [-0.2, -0.15) is 0 Å². The van der Waals surface area contributed by atoms with E-state index in [1.54, 1.807) is 6.26 Å². The van der Waals surface area contributed by atoms with E-state index in [1.165, 1.54) is 0 Å². The van der Waals surface area contributed by atoms with Crippen molar-refractivity contribution in [1.82, 2.24) is 5.32 Å². The summed E-state index contributed by atoms with van der Waals surface area (Å²) < 4.78 is 16.3. The average molecular weight is 294 g/mol. The zero-order valence-electron chi connectivity index (χ0n) is 11.0. The summed E-state index contributed by atoms with van der Waals surface area (Å²) in [4.78, 5) is 0. The predicted molar refractivity (Wildman–Crippen MR) is 76.6 cm³/mol. The Labute approximate surface area is 122 Å². The number of nitrogens with one attached hydrogen (secondary N) is 1. The number of rotatable bonds is 5. The Balaban J connectivity index is 1.56. The van der Waals surface area contributed by atoms with Crippen LogP contribution in [0.25, 0.3) is 0 Å². The second-order valence-corrected chi connectivity index (χ2v) is 5.02. The van der Waals surface area contributed by atoms with Crippen molar-refractivity contribution >= 4 is 11.6 Å². The molecule has 5 heteroatoms. The van der Waals surface area contributed by atoms with Gasteiger partial charge in [0.15, 0.2) is 11.5 Å². The number of fused-ring (bicyclic) bond motifs is 1. The third-order valence-electron chi connectivity index (χ3n) is 3.13. The lowest BCUT2D eigenvalue weighted by molar-refractivity contribution is 0.171. The van der Waals surface area contributed by atoms with Crippen LogP contribution in [-0.4, -0.2) is 19.8 Å². The molecule has 0 bridgehead atoms. The minimum absolute atomic E-state index is 0.552. The molecule has 1 aliphatic rings. The molecule has 0 saturated carbocycles. The molecule has 0 aliphatic carbocycles. The minimum atomic E-state index is 0.552. The van der Waals surface area contributed by atoms with Gasteiger partial charge in [0.1, 0.15) is 19.0 Å². The molecule has 2 aromatic rings. The van der Waals surface area contributed by atoms with E-state index < -0.39 is 0 Å². The Bertz CT molecular complexity index is 569. The Kier molecular flexibility index (Phi) is 4.14. The molecule has 0 atom stereocenters. The SMILES string of the molecule is Clc1cc(CCNCc2ccco2)cc2c1OCCO2. The van der Waals surface area contributed by atoms with Gasteiger partial charge >= 0.3 is 0 Å². The highest BCUT2D eigenvalue weighted by Gasteiger charge is 2.16. The molecule has 0 fully saturated rings. The molecule has 3 rings (SSSR count). The van der Waals surface area contributed by atoms with Gasteiger partial charge in [-0.15, -0.1) is 0 Å². The van der Waals surface area contributed by atoms with E-state index >= 15 is 0 Å². The van der Waals surface area contributed by atoms with Gasteiger partial charge in [-0.25, -0.2) is 0 Å². The Hall–Kier alpha value is -1.65. The van der Waals surface area contributed by atoms with Crippen molar-refractivity contribution in [3.8, 4) is 11.5 Å². The smallest absolute Gasteiger partial charge is 0.179 e. The molecule has 20 heavy (non-hydrogen) atoms. The second kappa shape index (κ2) is 6.20. The quantitative estimate of drug-likeness (QED) is 0.861. The summed E-state index contributed by atoms with van der Waals surface area (Å²) in [6.07, 6.45) is 2.55. The summed E-state index contributed by atoms with van der Waals surface area (Å²) in [6, 6.07) is 7.77. The van der Waals surface area contributed by atoms with Gasteiger partial charge in [0.05, 0.1) is 17.8 Å². The van der Waals surface area contributed by atoms with Crippen LogP contribution in [0.1, 0.15) is 11.3 Å². The van der Waals surface area contributed by atoms with Gasteiger partial charge in [-0.1, -0.05) is 11.6 Å². The molecule has 1 N–H and O–H groups in total. The number of hydrogen-bond acceptors (Lipinski definition) is 4. The van der Waals surface area contributed by atoms with Gasteiger partial charge in [0.2, 0.25) is 0 Å². The highest BCUT2D eigenvalue weighted by Crippen LogP contribution is 2.38. The minimum Gasteiger partial charge on any atom is -0.486 e. The number of halogens is 1. The van der Waals surface area contributed by atoms with E-state index in [1.807, 2.05) is 24.3 Å². The zero-order chi connectivity index (χ0) is 13.8. The number of benzene rings is 1. The molecule has 0 radical (unpaired) electrons. The molecule has 0 unspecified atom stereocenters. The largest absolute Gasteiger partial charge is 0.486 e. The zero-order valence-corrected chi connectivity index (χ0v) is 11.8. The topological polar surface area (TPSA) is 43.6 Å². The third kappa shape index (κ3) is 3.08. The maximum atomic E-state index is 6.20. The van der Waals surface area contributed by atoms with E-state index in [4.69, 9.17) is 25.5 Å². The summed E-state index contributed by atoms with van der Waals surface area (Å²) in [6.45, 7) is 2.70. The first kappa shape index (κ1) is 13.3. The number of furan rings is 1. The molecule has 4 nitrogen and oxygen atoms in total. The van der Waals surface area contributed by atoms with Crippen LogP contribution in [0.15, 0.2) is 34.9 Å². The van der Waals surface area contributed by atoms with Gasteiger partial charge in [-0.3, -0.25) is 0 Å². The van der Waals surface area contributed by atoms with Crippen LogP contribution in [0.5, 0.6) is 11.5 Å². The maximum Gasteiger partial charge on any atom is 0.179 e. The summed E-state index contributed by atoms with van der Waals surface area (Å²) in [7, 11) is 0. The third-order valence-corrected chi connectivity index (χ3v) is 3.41. The molecule has 106 valence electrons. The van der Waals surface area contributed by atoms with Crippen LogP contribution < -0.4 is 14.8 Å². The molecule has 1 aromatic carbocycles. The molecular formula is C15H16ClNO3. The first-order chi connectivity index (χ1) is 9.83. The van der Waals surface area contributed by atoms with Crippen molar-refractivity contribution in [2.45, 2.75) is 13.0 Å². The standard InChI is InChI=1S/C15H16ClNO3/c16-13-8-11(9-14-15(13)20-7-6-19-14)3-4-17-10-12-2-1-5-18-12/h1-2,5,8-9,17H,3-4,6-7,10H2. The lowest BCUT2D eigenvalue weighted by Gasteiger charge is -2.20. The van der Waals surface area contributed by atoms with Crippen molar-refractivity contribution in [1.29, 1.82) is 0 Å². The molecular weight excluding hydrogens is 278 g/mol. The second-order valence-electron chi connectivity index (χ2n) is 4.61. The van der Waals surface area contributed by atoms with Crippen LogP contribution in [0.3, 0.4) is 0 Å². The molecule has 0 amide bonds. The Morgan fingerprint density at radius 3 is 2.95 bits per heavy atom. The van der Waals surface area contributed by atoms with Crippen LogP contribution in [-0.2, 0) is 13.0 Å². The summed E-state index contributed by atoms with van der Waals surface area (Å²) in [5, 5.41) is 3.94. The lowest BCUT2D eigenvalue weighted by Crippen LogP contribution is -2.18. The van der Waals surface area contributed by atoms with E-state index in [-0.39, 0.29) is 0 Å². The first-order valence-electron chi connectivity index (χ1n) is 6.64. The van der Waals surface area contributed by atoms with Crippen molar-refractivity contribution < 1.29 is 13.9 Å². The van der Waals surface area contributed by atoms with Crippen LogP contribution in [0.4, 0.5) is 0 Å². The molecule has 1 aliphatic heterocycles. The van der Waals surface area contributed by atoms with E-state index in [0.717, 1.165) is 36.6 Å². The fourth-order valence-electron chi connectivity index (χ4n) is 2.17. The summed E-state index contributed by atoms with van der Waals surface area (Å²) in [5.41, 5.74) is 1.13. The molecule has 0 spiro atoms. The van der Waals surface area contributed by atoms with Crippen molar-refractivity contribution in [3.63, 3.8) is 0 Å². The lowest BCUT2D eigenvalue weighted by atomic mass is 10.1. The van der Waals surface area contributed by atoms with Gasteiger partial charge in [-0.05, 0) is 42.8 Å². The van der Waals surface area contributed by atoms with Crippen molar-refractivity contribution in [2.24, 2.45) is 0 Å². The van der Waals surface area contributed by atoms with E-state index in [2.05, 4.69) is 5.32 Å². The Morgan fingerprint density at radius 1 is 1.20 bits per heavy atom. The number of hydrogen-bond donors (Lipinski definition) is 1. The fraction of sp³-hybridized carbons (Fsp3) is 0.333. The highest BCUT2D eigenvalue weighted by atomic mass is 35.5. The Morgan fingerprint density at radius 2 is 2.10 bits per heavy atom. The number of ether oxygens (including phenoxy) is 2. The van der Waals surface area contributed by atoms with Gasteiger partial charge in [0, 0.05) is 0 Å². The van der Waals surface area contributed by atoms with Gasteiger partial charge < -0.3 is 19.2 Å². The summed E-state index contributed by atoms with van der Waals surface area (Å²) >= 11 is 6.20. The van der Waals surface area contributed by atoms with Crippen LogP contribution in [0, 0.1) is 0 Å². The van der Waals surface area contributed by atoms with Gasteiger partial charge in [0.25, 0.3) is 0 Å². The average Bonchev–Trinajstić information content (AvgIpc) is 2.97. The highest BCUT2D eigenvalue weighted by molar-refractivity contribution is 6.32. The molecule has 2 heterocycles. The van der Waals surface area contributed by atoms with Crippen LogP contribution in [0.2, 0.25) is 5.02 Å². The van der Waals surface area contributed by atoms with Crippen molar-refractivity contribution in [3.05, 3.63) is 46.9 Å². The van der Waals surface area contributed by atoms with E-state index in [0.29, 0.717) is 24.0 Å².